The van der Waals surface area contributed by atoms with Crippen LogP contribution in [-0.4, -0.2) is 30.7 Å². The Hall–Kier alpha value is -0.640. The molecular formula is C9H17FN2O. The van der Waals surface area contributed by atoms with E-state index in [1.165, 1.54) is 13.8 Å². The zero-order valence-electron chi connectivity index (χ0n) is 8.19. The number of piperidine rings is 1. The van der Waals surface area contributed by atoms with Crippen LogP contribution >= 0.6 is 0 Å². The molecule has 0 aromatic carbocycles. The molecule has 0 aromatic rings. The van der Waals surface area contributed by atoms with Gasteiger partial charge in [0.15, 0.2) is 5.67 Å². The molecule has 1 aliphatic rings. The van der Waals surface area contributed by atoms with E-state index >= 15 is 0 Å². The van der Waals surface area contributed by atoms with E-state index in [0.717, 1.165) is 25.9 Å². The summed E-state index contributed by atoms with van der Waals surface area (Å²) < 4.78 is 13.1. The van der Waals surface area contributed by atoms with Gasteiger partial charge in [-0.1, -0.05) is 0 Å². The molecule has 0 aliphatic carbocycles. The van der Waals surface area contributed by atoms with Crippen molar-refractivity contribution in [2.45, 2.75) is 38.4 Å². The van der Waals surface area contributed by atoms with Crippen molar-refractivity contribution in [1.82, 2.24) is 10.6 Å². The number of nitrogens with one attached hydrogen (secondary N) is 2. The summed E-state index contributed by atoms with van der Waals surface area (Å²) in [7, 11) is 0. The molecule has 0 unspecified atom stereocenters. The van der Waals surface area contributed by atoms with E-state index in [2.05, 4.69) is 10.6 Å². The second-order valence-corrected chi connectivity index (χ2v) is 3.97. The molecule has 1 saturated heterocycles. The van der Waals surface area contributed by atoms with Gasteiger partial charge >= 0.3 is 0 Å². The van der Waals surface area contributed by atoms with Gasteiger partial charge in [-0.25, -0.2) is 4.39 Å². The molecule has 0 saturated carbocycles. The molecular weight excluding hydrogens is 171 g/mol. The van der Waals surface area contributed by atoms with Crippen molar-refractivity contribution in [3.8, 4) is 0 Å². The highest BCUT2D eigenvalue weighted by Crippen LogP contribution is 2.10. The van der Waals surface area contributed by atoms with E-state index in [4.69, 9.17) is 0 Å². The van der Waals surface area contributed by atoms with Crippen molar-refractivity contribution in [3.63, 3.8) is 0 Å². The molecule has 0 radical (unpaired) electrons. The highest BCUT2D eigenvalue weighted by atomic mass is 19.1. The van der Waals surface area contributed by atoms with Crippen molar-refractivity contribution < 1.29 is 9.18 Å². The van der Waals surface area contributed by atoms with Gasteiger partial charge in [0.25, 0.3) is 5.91 Å². The Morgan fingerprint density at radius 2 is 2.00 bits per heavy atom. The minimum atomic E-state index is -1.76. The van der Waals surface area contributed by atoms with Crippen LogP contribution in [0.25, 0.3) is 0 Å². The van der Waals surface area contributed by atoms with Crippen LogP contribution in [0.3, 0.4) is 0 Å². The van der Waals surface area contributed by atoms with Gasteiger partial charge in [0.1, 0.15) is 0 Å². The molecule has 1 fully saturated rings. The lowest BCUT2D eigenvalue weighted by Gasteiger charge is -2.25. The fourth-order valence-corrected chi connectivity index (χ4v) is 1.32. The fraction of sp³-hybridized carbons (Fsp3) is 0.889. The second-order valence-electron chi connectivity index (χ2n) is 3.97. The maximum atomic E-state index is 13.1. The van der Waals surface area contributed by atoms with Crippen molar-refractivity contribution in [1.29, 1.82) is 0 Å². The smallest absolute Gasteiger partial charge is 0.257 e. The van der Waals surface area contributed by atoms with E-state index in [1.54, 1.807) is 0 Å². The third-order valence-electron chi connectivity index (χ3n) is 2.21. The van der Waals surface area contributed by atoms with E-state index in [1.807, 2.05) is 0 Å². The maximum absolute atomic E-state index is 13.1. The molecule has 3 nitrogen and oxygen atoms in total. The van der Waals surface area contributed by atoms with Crippen LogP contribution in [0.5, 0.6) is 0 Å². The molecule has 0 bridgehead atoms. The van der Waals surface area contributed by atoms with Crippen molar-refractivity contribution in [3.05, 3.63) is 0 Å². The molecule has 0 aromatic heterocycles. The van der Waals surface area contributed by atoms with Gasteiger partial charge in [-0.2, -0.15) is 0 Å². The summed E-state index contributed by atoms with van der Waals surface area (Å²) in [5, 5.41) is 5.89. The minimum Gasteiger partial charge on any atom is -0.351 e. The molecule has 0 atom stereocenters. The first-order valence-corrected chi connectivity index (χ1v) is 4.71. The topological polar surface area (TPSA) is 41.1 Å². The van der Waals surface area contributed by atoms with Gasteiger partial charge in [0, 0.05) is 6.04 Å². The molecule has 2 N–H and O–H groups in total. The lowest BCUT2D eigenvalue weighted by molar-refractivity contribution is -0.131. The van der Waals surface area contributed by atoms with Crippen LogP contribution in [-0.2, 0) is 4.79 Å². The Labute approximate surface area is 78.1 Å². The average molecular weight is 188 g/mol. The SMILES string of the molecule is CC(C)(F)C(=O)NC1CCNCC1. The Morgan fingerprint density at radius 3 is 2.46 bits per heavy atom. The van der Waals surface area contributed by atoms with Crippen LogP contribution < -0.4 is 10.6 Å². The van der Waals surface area contributed by atoms with Crippen molar-refractivity contribution in [2.24, 2.45) is 0 Å². The van der Waals surface area contributed by atoms with Crippen LogP contribution in [0.2, 0.25) is 0 Å². The van der Waals surface area contributed by atoms with E-state index in [9.17, 15) is 9.18 Å². The summed E-state index contributed by atoms with van der Waals surface area (Å²) in [6, 6.07) is 0.142. The van der Waals surface area contributed by atoms with Gasteiger partial charge in [-0.15, -0.1) is 0 Å². The molecule has 76 valence electrons. The van der Waals surface area contributed by atoms with Crippen molar-refractivity contribution >= 4 is 5.91 Å². The molecule has 1 aliphatic heterocycles. The first-order chi connectivity index (χ1) is 6.00. The normalized spacial score (nSPS) is 19.9. The molecule has 0 spiro atoms. The van der Waals surface area contributed by atoms with Crippen molar-refractivity contribution in [2.75, 3.05) is 13.1 Å². The van der Waals surface area contributed by atoms with E-state index in [-0.39, 0.29) is 6.04 Å². The monoisotopic (exact) mass is 188 g/mol. The second kappa shape index (κ2) is 4.05. The standard InChI is InChI=1S/C9H17FN2O/c1-9(2,10)8(13)12-7-3-5-11-6-4-7/h7,11H,3-6H2,1-2H3,(H,12,13). The number of alkyl halides is 1. The molecule has 1 amide bonds. The van der Waals surface area contributed by atoms with Crippen LogP contribution in [0.15, 0.2) is 0 Å². The highest BCUT2D eigenvalue weighted by Gasteiger charge is 2.28. The highest BCUT2D eigenvalue weighted by molar-refractivity contribution is 5.84. The lowest BCUT2D eigenvalue weighted by atomic mass is 10.0. The maximum Gasteiger partial charge on any atom is 0.257 e. The zero-order chi connectivity index (χ0) is 9.90. The number of hydrogen-bond donors (Lipinski definition) is 2. The van der Waals surface area contributed by atoms with E-state index < -0.39 is 11.6 Å². The van der Waals surface area contributed by atoms with Crippen LogP contribution in [0.4, 0.5) is 4.39 Å². The minimum absolute atomic E-state index is 0.142. The molecule has 1 rings (SSSR count). The largest absolute Gasteiger partial charge is 0.351 e. The van der Waals surface area contributed by atoms with E-state index in [0.29, 0.717) is 0 Å². The number of amides is 1. The molecule has 1 heterocycles. The van der Waals surface area contributed by atoms with Gasteiger partial charge < -0.3 is 10.6 Å². The summed E-state index contributed by atoms with van der Waals surface area (Å²) in [5.41, 5.74) is -1.76. The number of rotatable bonds is 2. The third kappa shape index (κ3) is 3.30. The number of carbonyl (C=O) groups is 1. The summed E-state index contributed by atoms with van der Waals surface area (Å²) in [4.78, 5) is 11.2. The third-order valence-corrected chi connectivity index (χ3v) is 2.21. The summed E-state index contributed by atoms with van der Waals surface area (Å²) in [5.74, 6) is -0.501. The van der Waals surface area contributed by atoms with Gasteiger partial charge in [-0.05, 0) is 39.8 Å². The number of hydrogen-bond acceptors (Lipinski definition) is 2. The van der Waals surface area contributed by atoms with Gasteiger partial charge in [-0.3, -0.25) is 4.79 Å². The molecule has 13 heavy (non-hydrogen) atoms. The number of halogens is 1. The first-order valence-electron chi connectivity index (χ1n) is 4.71. The Morgan fingerprint density at radius 1 is 1.46 bits per heavy atom. The first kappa shape index (κ1) is 10.4. The predicted molar refractivity (Wildman–Crippen MR) is 49.2 cm³/mol. The van der Waals surface area contributed by atoms with Gasteiger partial charge in [0.2, 0.25) is 0 Å². The quantitative estimate of drug-likeness (QED) is 0.666. The summed E-state index contributed by atoms with van der Waals surface area (Å²) in [6.07, 6.45) is 1.78. The average Bonchev–Trinajstić information content (AvgIpc) is 2.04. The zero-order valence-corrected chi connectivity index (χ0v) is 8.19. The summed E-state index contributed by atoms with van der Waals surface area (Å²) in [6.45, 7) is 4.36. The molecule has 4 heteroatoms. The fourth-order valence-electron chi connectivity index (χ4n) is 1.32. The van der Waals surface area contributed by atoms with Crippen LogP contribution in [0, 0.1) is 0 Å². The Kier molecular flexibility index (Phi) is 3.25. The Balaban J connectivity index is 2.35. The number of carbonyl (C=O) groups excluding carboxylic acids is 1. The summed E-state index contributed by atoms with van der Waals surface area (Å²) >= 11 is 0. The lowest BCUT2D eigenvalue weighted by Crippen LogP contribution is -2.48. The Bertz CT molecular complexity index is 183. The van der Waals surface area contributed by atoms with Gasteiger partial charge in [0.05, 0.1) is 0 Å². The predicted octanol–water partition coefficient (Wildman–Crippen LogP) is 0.603. The van der Waals surface area contributed by atoms with Crippen LogP contribution in [0.1, 0.15) is 26.7 Å².